The molecule has 0 aliphatic carbocycles. The molecule has 7 nitrogen and oxygen atoms in total. The number of aromatic nitrogens is 2. The van der Waals surface area contributed by atoms with E-state index in [1.807, 2.05) is 5.43 Å². The van der Waals surface area contributed by atoms with Crippen molar-refractivity contribution in [3.63, 3.8) is 0 Å². The van der Waals surface area contributed by atoms with Gasteiger partial charge in [-0.25, -0.2) is 9.97 Å². The van der Waals surface area contributed by atoms with E-state index in [1.54, 1.807) is 36.0 Å². The van der Waals surface area contributed by atoms with Gasteiger partial charge in [-0.3, -0.25) is 20.4 Å². The Labute approximate surface area is 123 Å². The lowest BCUT2D eigenvalue weighted by molar-refractivity contribution is -0.132. The first-order valence-corrected chi connectivity index (χ1v) is 6.09. The van der Waals surface area contributed by atoms with Crippen LogP contribution in [0.1, 0.15) is 10.4 Å². The first-order chi connectivity index (χ1) is 10.6. The summed E-state index contributed by atoms with van der Waals surface area (Å²) in [6, 6.07) is 7.75. The zero-order valence-corrected chi connectivity index (χ0v) is 11.1. The summed E-state index contributed by atoms with van der Waals surface area (Å²) in [7, 11) is 0. The average Bonchev–Trinajstić information content (AvgIpc) is 2.54. The summed E-state index contributed by atoms with van der Waals surface area (Å²) < 4.78 is 23.9. The van der Waals surface area contributed by atoms with Crippen LogP contribution in [0.4, 0.5) is 20.4 Å². The highest BCUT2D eigenvalue weighted by molar-refractivity contribution is 5.95. The van der Waals surface area contributed by atoms with Crippen molar-refractivity contribution in [1.29, 1.82) is 0 Å². The maximum Gasteiger partial charge on any atom is 0.317 e. The Morgan fingerprint density at radius 3 is 2.23 bits per heavy atom. The number of hydrazine groups is 1. The fourth-order valence-electron chi connectivity index (χ4n) is 1.44. The van der Waals surface area contributed by atoms with E-state index in [1.165, 1.54) is 12.1 Å². The van der Waals surface area contributed by atoms with Gasteiger partial charge in [-0.1, -0.05) is 0 Å². The van der Waals surface area contributed by atoms with Gasteiger partial charge in [0.15, 0.2) is 0 Å². The topological polar surface area (TPSA) is 96.0 Å². The number of nitrogens with zero attached hydrogens (tertiary/aromatic N) is 2. The van der Waals surface area contributed by atoms with Crippen LogP contribution >= 0.6 is 0 Å². The van der Waals surface area contributed by atoms with Crippen molar-refractivity contribution in [2.24, 2.45) is 0 Å². The lowest BCUT2D eigenvalue weighted by Crippen LogP contribution is -2.44. The third-order valence-electron chi connectivity index (χ3n) is 2.47. The highest BCUT2D eigenvalue weighted by atomic mass is 19.3. The molecule has 0 spiro atoms. The molecule has 0 aliphatic rings. The zero-order valence-electron chi connectivity index (χ0n) is 11.1. The van der Waals surface area contributed by atoms with Crippen molar-refractivity contribution < 1.29 is 18.4 Å². The molecule has 1 heterocycles. The van der Waals surface area contributed by atoms with E-state index < -0.39 is 18.2 Å². The molecule has 0 radical (unpaired) electrons. The molecule has 114 valence electrons. The zero-order chi connectivity index (χ0) is 15.9. The van der Waals surface area contributed by atoms with E-state index >= 15 is 0 Å². The van der Waals surface area contributed by atoms with Gasteiger partial charge in [-0.2, -0.15) is 8.78 Å². The maximum atomic E-state index is 12.0. The minimum Gasteiger partial charge on any atom is -0.324 e. The molecule has 0 saturated heterocycles. The Bertz CT molecular complexity index is 649. The second-order valence-corrected chi connectivity index (χ2v) is 4.02. The molecule has 3 N–H and O–H groups in total. The van der Waals surface area contributed by atoms with E-state index in [9.17, 15) is 18.4 Å². The van der Waals surface area contributed by atoms with Gasteiger partial charge in [-0.15, -0.1) is 0 Å². The number of carbonyl (C=O) groups is 2. The molecule has 1 aromatic heterocycles. The summed E-state index contributed by atoms with van der Waals surface area (Å²) in [4.78, 5) is 30.2. The molecular formula is C13H11F2N5O2. The summed E-state index contributed by atoms with van der Waals surface area (Å²) in [5.41, 5.74) is 4.32. The first-order valence-electron chi connectivity index (χ1n) is 6.09. The normalized spacial score (nSPS) is 10.1. The van der Waals surface area contributed by atoms with Gasteiger partial charge in [0.25, 0.3) is 5.91 Å². The fourth-order valence-corrected chi connectivity index (χ4v) is 1.44. The predicted octanol–water partition coefficient (Wildman–Crippen LogP) is 1.25. The third-order valence-corrected chi connectivity index (χ3v) is 2.47. The number of anilines is 2. The van der Waals surface area contributed by atoms with Gasteiger partial charge >= 0.3 is 12.3 Å². The highest BCUT2D eigenvalue weighted by Crippen LogP contribution is 2.13. The van der Waals surface area contributed by atoms with Crippen molar-refractivity contribution in [3.05, 3.63) is 48.3 Å². The lowest BCUT2D eigenvalue weighted by Gasteiger charge is -2.08. The van der Waals surface area contributed by atoms with Crippen LogP contribution < -0.4 is 16.2 Å². The molecule has 0 unspecified atom stereocenters. The van der Waals surface area contributed by atoms with E-state index in [0.717, 1.165) is 0 Å². The molecular weight excluding hydrogens is 296 g/mol. The van der Waals surface area contributed by atoms with Crippen molar-refractivity contribution in [2.75, 3.05) is 5.32 Å². The number of amides is 2. The van der Waals surface area contributed by atoms with E-state index in [2.05, 4.69) is 15.3 Å². The van der Waals surface area contributed by atoms with Gasteiger partial charge < -0.3 is 5.32 Å². The van der Waals surface area contributed by atoms with Crippen molar-refractivity contribution in [2.45, 2.75) is 6.43 Å². The number of carbonyl (C=O) groups excluding carboxylic acids is 2. The maximum absolute atomic E-state index is 12.0. The summed E-state index contributed by atoms with van der Waals surface area (Å²) >= 11 is 0. The third kappa shape index (κ3) is 4.20. The summed E-state index contributed by atoms with van der Waals surface area (Å²) in [6.07, 6.45) is -0.0520. The van der Waals surface area contributed by atoms with Crippen molar-refractivity contribution in [1.82, 2.24) is 20.8 Å². The lowest BCUT2D eigenvalue weighted by atomic mass is 10.2. The number of nitrogens with one attached hydrogen (secondary N) is 3. The second-order valence-electron chi connectivity index (χ2n) is 4.02. The largest absolute Gasteiger partial charge is 0.324 e. The SMILES string of the molecule is O=C(NNC(=O)C(F)F)c1ccc(Nc2ncccn2)cc1. The van der Waals surface area contributed by atoms with Crippen LogP contribution in [-0.2, 0) is 4.79 Å². The van der Waals surface area contributed by atoms with E-state index in [0.29, 0.717) is 11.6 Å². The molecule has 1 aromatic carbocycles. The van der Waals surface area contributed by atoms with Gasteiger partial charge in [0, 0.05) is 23.6 Å². The minimum absolute atomic E-state index is 0.189. The van der Waals surface area contributed by atoms with Crippen LogP contribution in [0.25, 0.3) is 0 Å². The smallest absolute Gasteiger partial charge is 0.317 e. The molecule has 0 fully saturated rings. The van der Waals surface area contributed by atoms with Crippen LogP contribution in [0.3, 0.4) is 0 Å². The quantitative estimate of drug-likeness (QED) is 0.739. The van der Waals surface area contributed by atoms with E-state index in [4.69, 9.17) is 0 Å². The van der Waals surface area contributed by atoms with E-state index in [-0.39, 0.29) is 5.56 Å². The Balaban J connectivity index is 1.94. The average molecular weight is 307 g/mol. The number of halogens is 2. The Morgan fingerprint density at radius 1 is 1.00 bits per heavy atom. The second kappa shape index (κ2) is 7.07. The van der Waals surface area contributed by atoms with Crippen molar-refractivity contribution >= 4 is 23.5 Å². The van der Waals surface area contributed by atoms with Gasteiger partial charge in [-0.05, 0) is 30.3 Å². The first kappa shape index (κ1) is 15.3. The molecule has 2 amide bonds. The van der Waals surface area contributed by atoms with Crippen LogP contribution in [0.15, 0.2) is 42.7 Å². The van der Waals surface area contributed by atoms with Crippen LogP contribution in [0, 0.1) is 0 Å². The number of hydrogen-bond donors (Lipinski definition) is 3. The minimum atomic E-state index is -3.20. The molecule has 0 atom stereocenters. The van der Waals surface area contributed by atoms with Crippen molar-refractivity contribution in [3.8, 4) is 0 Å². The summed E-state index contributed by atoms with van der Waals surface area (Å²) in [5.74, 6) is -1.90. The number of benzene rings is 1. The molecule has 2 aromatic rings. The highest BCUT2D eigenvalue weighted by Gasteiger charge is 2.15. The number of rotatable bonds is 4. The molecule has 2 rings (SSSR count). The molecule has 0 saturated carbocycles. The predicted molar refractivity (Wildman–Crippen MR) is 73.4 cm³/mol. The molecule has 9 heteroatoms. The van der Waals surface area contributed by atoms with Crippen LogP contribution in [0.5, 0.6) is 0 Å². The monoisotopic (exact) mass is 307 g/mol. The Hall–Kier alpha value is -3.10. The Kier molecular flexibility index (Phi) is 4.91. The van der Waals surface area contributed by atoms with Gasteiger partial charge in [0.05, 0.1) is 0 Å². The van der Waals surface area contributed by atoms with Crippen LogP contribution in [0.2, 0.25) is 0 Å². The Morgan fingerprint density at radius 2 is 1.64 bits per heavy atom. The number of hydrogen-bond acceptors (Lipinski definition) is 5. The van der Waals surface area contributed by atoms with Crippen LogP contribution in [-0.4, -0.2) is 28.2 Å². The number of alkyl halides is 2. The fraction of sp³-hybridized carbons (Fsp3) is 0.0769. The standard InChI is InChI=1S/C13H11F2N5O2/c14-10(15)12(22)20-19-11(21)8-2-4-9(5-3-8)18-13-16-6-1-7-17-13/h1-7,10H,(H,19,21)(H,20,22)(H,16,17,18). The molecule has 0 bridgehead atoms. The summed E-state index contributed by atoms with van der Waals surface area (Å²) in [5, 5.41) is 2.91. The van der Waals surface area contributed by atoms with Gasteiger partial charge in [0.1, 0.15) is 0 Å². The summed E-state index contributed by atoms with van der Waals surface area (Å²) in [6.45, 7) is 0. The van der Waals surface area contributed by atoms with Gasteiger partial charge in [0.2, 0.25) is 5.95 Å². The molecule has 22 heavy (non-hydrogen) atoms. The molecule has 0 aliphatic heterocycles.